The molecule has 1 aromatic heterocycles. The number of benzene rings is 3. The Morgan fingerprint density at radius 3 is 2.62 bits per heavy atom. The van der Waals surface area contributed by atoms with Gasteiger partial charge in [0.25, 0.3) is 5.91 Å². The van der Waals surface area contributed by atoms with Crippen molar-refractivity contribution in [3.63, 3.8) is 0 Å². The monoisotopic (exact) mass is 422 g/mol. The Bertz CT molecular complexity index is 1190. The lowest BCUT2D eigenvalue weighted by Gasteiger charge is -2.18. The Morgan fingerprint density at radius 1 is 1.07 bits per heavy atom. The normalized spacial score (nSPS) is 11.2. The van der Waals surface area contributed by atoms with Crippen LogP contribution in [0.1, 0.15) is 11.1 Å². The molecular weight excluding hydrogens is 407 g/mol. The molecule has 3 aromatic carbocycles. The first kappa shape index (κ1) is 19.3. The van der Waals surface area contributed by atoms with Gasteiger partial charge in [-0.2, -0.15) is 0 Å². The van der Waals surface area contributed by atoms with E-state index in [0.717, 1.165) is 11.1 Å². The zero-order valence-electron chi connectivity index (χ0n) is 15.3. The van der Waals surface area contributed by atoms with Crippen molar-refractivity contribution in [3.05, 3.63) is 101 Å². The molecule has 0 radical (unpaired) electrons. The van der Waals surface area contributed by atoms with Gasteiger partial charge >= 0.3 is 0 Å². The number of nitrogens with zero attached hydrogens (tertiary/aromatic N) is 2. The predicted molar refractivity (Wildman–Crippen MR) is 118 cm³/mol. The van der Waals surface area contributed by atoms with Gasteiger partial charge in [0.2, 0.25) is 0 Å². The number of fused-ring (bicyclic) bond motifs is 1. The maximum atomic E-state index is 13.6. The molecule has 0 aliphatic rings. The quantitative estimate of drug-likeness (QED) is 0.352. The molecule has 0 saturated carbocycles. The molecule has 0 unspecified atom stereocenters. The second kappa shape index (κ2) is 8.55. The van der Waals surface area contributed by atoms with Gasteiger partial charge in [0.1, 0.15) is 5.82 Å². The highest BCUT2D eigenvalue weighted by atomic mass is 35.5. The van der Waals surface area contributed by atoms with Gasteiger partial charge in [0, 0.05) is 11.1 Å². The number of amides is 1. The van der Waals surface area contributed by atoms with Gasteiger partial charge in [-0.3, -0.25) is 9.69 Å². The lowest BCUT2D eigenvalue weighted by molar-refractivity contribution is -0.114. The Morgan fingerprint density at radius 2 is 1.83 bits per heavy atom. The third-order valence-electron chi connectivity index (χ3n) is 4.33. The van der Waals surface area contributed by atoms with Gasteiger partial charge in [-0.25, -0.2) is 9.37 Å². The summed E-state index contributed by atoms with van der Waals surface area (Å²) in [6.07, 6.45) is 3.17. The maximum absolute atomic E-state index is 13.6. The third kappa shape index (κ3) is 4.53. The molecular formula is C23H16ClFN2OS. The number of thiazole rings is 1. The van der Waals surface area contributed by atoms with Crippen LogP contribution in [0, 0.1) is 5.82 Å². The molecule has 0 aliphatic heterocycles. The molecule has 0 fully saturated rings. The Labute approximate surface area is 176 Å². The molecule has 3 nitrogen and oxygen atoms in total. The van der Waals surface area contributed by atoms with Crippen molar-refractivity contribution in [1.82, 2.24) is 4.98 Å². The molecule has 0 atom stereocenters. The van der Waals surface area contributed by atoms with Crippen molar-refractivity contribution in [2.45, 2.75) is 6.54 Å². The largest absolute Gasteiger partial charge is 0.280 e. The van der Waals surface area contributed by atoms with Crippen molar-refractivity contribution < 1.29 is 9.18 Å². The summed E-state index contributed by atoms with van der Waals surface area (Å²) < 4.78 is 14.3. The minimum Gasteiger partial charge on any atom is -0.280 e. The van der Waals surface area contributed by atoms with Crippen molar-refractivity contribution in [2.75, 3.05) is 4.90 Å². The predicted octanol–water partition coefficient (Wildman–Crippen LogP) is 6.34. The zero-order chi connectivity index (χ0) is 20.2. The van der Waals surface area contributed by atoms with E-state index in [1.807, 2.05) is 48.5 Å². The van der Waals surface area contributed by atoms with Crippen LogP contribution in [-0.2, 0) is 11.3 Å². The molecule has 0 spiro atoms. The number of carbonyl (C=O) groups excluding carboxylic acids is 1. The average Bonchev–Trinajstić information content (AvgIpc) is 3.14. The number of rotatable bonds is 5. The molecule has 0 aliphatic carbocycles. The lowest BCUT2D eigenvalue weighted by Crippen LogP contribution is -2.28. The van der Waals surface area contributed by atoms with Crippen LogP contribution in [0.5, 0.6) is 0 Å². The van der Waals surface area contributed by atoms with E-state index in [-0.39, 0.29) is 11.7 Å². The van der Waals surface area contributed by atoms with Gasteiger partial charge < -0.3 is 0 Å². The highest BCUT2D eigenvalue weighted by Gasteiger charge is 2.18. The summed E-state index contributed by atoms with van der Waals surface area (Å²) in [5, 5.41) is 1.09. The second-order valence-electron chi connectivity index (χ2n) is 6.37. The van der Waals surface area contributed by atoms with Crippen molar-refractivity contribution in [1.29, 1.82) is 0 Å². The summed E-state index contributed by atoms with van der Waals surface area (Å²) in [7, 11) is 0. The molecule has 1 heterocycles. The van der Waals surface area contributed by atoms with Gasteiger partial charge in [0.15, 0.2) is 5.13 Å². The highest BCUT2D eigenvalue weighted by Crippen LogP contribution is 2.30. The molecule has 0 saturated heterocycles. The van der Waals surface area contributed by atoms with Crippen LogP contribution in [0.4, 0.5) is 9.52 Å². The summed E-state index contributed by atoms with van der Waals surface area (Å²) in [6.45, 7) is 0.356. The van der Waals surface area contributed by atoms with E-state index < -0.39 is 0 Å². The molecule has 4 aromatic rings. The molecule has 4 rings (SSSR count). The molecule has 1 amide bonds. The second-order valence-corrected chi connectivity index (χ2v) is 7.79. The Kier molecular flexibility index (Phi) is 5.69. The Hall–Kier alpha value is -3.02. The van der Waals surface area contributed by atoms with Gasteiger partial charge in [-0.1, -0.05) is 71.5 Å². The van der Waals surface area contributed by atoms with Crippen molar-refractivity contribution in [3.8, 4) is 0 Å². The van der Waals surface area contributed by atoms with Crippen LogP contribution >= 0.6 is 22.9 Å². The standard InChI is InChI=1S/C23H16ClFN2OS/c24-19-9-5-4-8-17(19)10-13-22(28)27(15-16-6-2-1-3-7-16)23-26-20-12-11-18(25)14-21(20)29-23/h1-14H,15H2/b13-10+. The van der Waals surface area contributed by atoms with Gasteiger partial charge in [0.05, 0.1) is 16.8 Å². The number of anilines is 1. The average molecular weight is 423 g/mol. The highest BCUT2D eigenvalue weighted by molar-refractivity contribution is 7.22. The fraction of sp³-hybridized carbons (Fsp3) is 0.0435. The maximum Gasteiger partial charge on any atom is 0.253 e. The van der Waals surface area contributed by atoms with Crippen LogP contribution < -0.4 is 4.90 Å². The minimum atomic E-state index is -0.327. The first-order valence-corrected chi connectivity index (χ1v) is 10.1. The molecule has 0 N–H and O–H groups in total. The summed E-state index contributed by atoms with van der Waals surface area (Å²) in [4.78, 5) is 19.2. The van der Waals surface area contributed by atoms with E-state index in [2.05, 4.69) is 4.98 Å². The molecule has 29 heavy (non-hydrogen) atoms. The van der Waals surface area contributed by atoms with Crippen LogP contribution in [0.3, 0.4) is 0 Å². The van der Waals surface area contributed by atoms with E-state index in [9.17, 15) is 9.18 Å². The summed E-state index contributed by atoms with van der Waals surface area (Å²) in [5.74, 6) is -0.555. The lowest BCUT2D eigenvalue weighted by atomic mass is 10.2. The van der Waals surface area contributed by atoms with Crippen LogP contribution in [0.2, 0.25) is 5.02 Å². The summed E-state index contributed by atoms with van der Waals surface area (Å²) in [6, 6.07) is 21.4. The van der Waals surface area contributed by atoms with Crippen molar-refractivity contribution in [2.24, 2.45) is 0 Å². The van der Waals surface area contributed by atoms with E-state index in [1.165, 1.54) is 29.5 Å². The van der Waals surface area contributed by atoms with Crippen LogP contribution in [0.15, 0.2) is 78.9 Å². The van der Waals surface area contributed by atoms with E-state index in [1.54, 1.807) is 23.1 Å². The third-order valence-corrected chi connectivity index (χ3v) is 5.72. The summed E-state index contributed by atoms with van der Waals surface area (Å²) >= 11 is 7.47. The number of aromatic nitrogens is 1. The summed E-state index contributed by atoms with van der Waals surface area (Å²) in [5.41, 5.74) is 2.39. The Balaban J connectivity index is 1.69. The first-order valence-electron chi connectivity index (χ1n) is 8.94. The van der Waals surface area contributed by atoms with Gasteiger partial charge in [-0.05, 0) is 41.5 Å². The van der Waals surface area contributed by atoms with Crippen LogP contribution in [0.25, 0.3) is 16.3 Å². The number of hydrogen-bond acceptors (Lipinski definition) is 3. The number of carbonyl (C=O) groups is 1. The fourth-order valence-electron chi connectivity index (χ4n) is 2.87. The molecule has 144 valence electrons. The smallest absolute Gasteiger partial charge is 0.253 e. The van der Waals surface area contributed by atoms with Crippen molar-refractivity contribution >= 4 is 50.3 Å². The van der Waals surface area contributed by atoms with E-state index in [4.69, 9.17) is 11.6 Å². The number of hydrogen-bond donors (Lipinski definition) is 0. The minimum absolute atomic E-state index is 0.228. The SMILES string of the molecule is O=C(/C=C/c1ccccc1Cl)N(Cc1ccccc1)c1nc2ccc(F)cc2s1. The first-order chi connectivity index (χ1) is 14.1. The number of halogens is 2. The zero-order valence-corrected chi connectivity index (χ0v) is 16.8. The molecule has 0 bridgehead atoms. The van der Waals surface area contributed by atoms with E-state index in [0.29, 0.717) is 26.9 Å². The fourth-order valence-corrected chi connectivity index (χ4v) is 4.06. The van der Waals surface area contributed by atoms with Crippen LogP contribution in [-0.4, -0.2) is 10.9 Å². The topological polar surface area (TPSA) is 33.2 Å². The molecule has 6 heteroatoms. The van der Waals surface area contributed by atoms with E-state index >= 15 is 0 Å². The van der Waals surface area contributed by atoms with Gasteiger partial charge in [-0.15, -0.1) is 0 Å².